The predicted molar refractivity (Wildman–Crippen MR) is 111 cm³/mol. The van der Waals surface area contributed by atoms with Crippen LogP contribution in [0.2, 0.25) is 0 Å². The monoisotopic (exact) mass is 419 g/mol. The number of likely N-dealkylation sites (N-methyl/N-ethyl adjacent to an activating group) is 1. The quantitative estimate of drug-likeness (QED) is 0.588. The number of nitrogens with one attached hydrogen (secondary N) is 2. The maximum Gasteiger partial charge on any atom is 0.273 e. The van der Waals surface area contributed by atoms with Gasteiger partial charge in [0.25, 0.3) is 11.8 Å². The number of rotatable bonds is 9. The molecule has 1 atom stereocenters. The molecule has 1 aromatic rings. The van der Waals surface area contributed by atoms with Gasteiger partial charge >= 0.3 is 0 Å². The van der Waals surface area contributed by atoms with E-state index in [4.69, 9.17) is 4.74 Å². The molecule has 3 rings (SSSR count). The van der Waals surface area contributed by atoms with Crippen molar-refractivity contribution in [1.29, 1.82) is 0 Å². The molecule has 0 bridgehead atoms. The Bertz CT molecular complexity index is 786. The van der Waals surface area contributed by atoms with Gasteiger partial charge in [-0.15, -0.1) is 0 Å². The second-order valence-corrected chi connectivity index (χ2v) is 8.15. The molecule has 1 aromatic heterocycles. The van der Waals surface area contributed by atoms with E-state index in [1.165, 1.54) is 6.33 Å². The van der Waals surface area contributed by atoms with Gasteiger partial charge in [0, 0.05) is 32.3 Å². The van der Waals surface area contributed by atoms with Gasteiger partial charge in [0.2, 0.25) is 5.91 Å². The predicted octanol–water partition coefficient (Wildman–Crippen LogP) is 1.33. The van der Waals surface area contributed by atoms with Gasteiger partial charge in [-0.1, -0.05) is 12.8 Å². The highest BCUT2D eigenvalue weighted by molar-refractivity contribution is 6.07. The lowest BCUT2D eigenvalue weighted by Crippen LogP contribution is -2.64. The molecule has 1 unspecified atom stereocenters. The lowest BCUT2D eigenvalue weighted by molar-refractivity contribution is -0.133. The zero-order valence-electron chi connectivity index (χ0n) is 18.2. The lowest BCUT2D eigenvalue weighted by atomic mass is 9.94. The summed E-state index contributed by atoms with van der Waals surface area (Å²) in [4.78, 5) is 44.8. The second-order valence-electron chi connectivity index (χ2n) is 8.15. The minimum atomic E-state index is -1.02. The lowest BCUT2D eigenvalue weighted by Gasteiger charge is -2.43. The Labute approximate surface area is 177 Å². The van der Waals surface area contributed by atoms with Crippen molar-refractivity contribution in [2.24, 2.45) is 0 Å². The number of aromatic nitrogens is 2. The smallest absolute Gasteiger partial charge is 0.273 e. The summed E-state index contributed by atoms with van der Waals surface area (Å²) in [6.07, 6.45) is 6.36. The summed E-state index contributed by atoms with van der Waals surface area (Å²) in [6, 6.07) is 0.172. The van der Waals surface area contributed by atoms with Gasteiger partial charge in [-0.3, -0.25) is 14.4 Å². The molecule has 2 N–H and O–H groups in total. The Morgan fingerprint density at radius 1 is 1.30 bits per heavy atom. The fraction of sp³-hybridized carbons (Fsp3) is 0.714. The largest absolute Gasteiger partial charge is 0.382 e. The number of amides is 3. The van der Waals surface area contributed by atoms with Gasteiger partial charge in [0.15, 0.2) is 5.69 Å². The van der Waals surface area contributed by atoms with Crippen LogP contribution in [-0.4, -0.2) is 70.1 Å². The molecule has 0 spiro atoms. The topological polar surface area (TPSA) is 106 Å². The van der Waals surface area contributed by atoms with E-state index in [1.807, 2.05) is 13.8 Å². The molecule has 0 radical (unpaired) electrons. The Balaban J connectivity index is 1.75. The van der Waals surface area contributed by atoms with Crippen LogP contribution in [0.15, 0.2) is 6.33 Å². The summed E-state index contributed by atoms with van der Waals surface area (Å²) in [5, 5.41) is 5.92. The molecular formula is C21H33N5O4. The van der Waals surface area contributed by atoms with Crippen molar-refractivity contribution in [1.82, 2.24) is 25.1 Å². The first kappa shape index (κ1) is 22.3. The van der Waals surface area contributed by atoms with Crippen molar-refractivity contribution >= 4 is 17.7 Å². The molecule has 0 saturated heterocycles. The summed E-state index contributed by atoms with van der Waals surface area (Å²) in [6.45, 7) is 7.83. The first-order chi connectivity index (χ1) is 14.4. The third-order valence-corrected chi connectivity index (χ3v) is 6.03. The SMILES string of the molecule is CCOCCCNC(=O)c1ncn2c1C(=O)N(CC)C(C)(C(=O)NC1CCCC1)C2. The molecule has 1 fully saturated rings. The number of imidazole rings is 1. The highest BCUT2D eigenvalue weighted by Crippen LogP contribution is 2.29. The number of hydrogen-bond acceptors (Lipinski definition) is 5. The van der Waals surface area contributed by atoms with Crippen LogP contribution in [0.4, 0.5) is 0 Å². The van der Waals surface area contributed by atoms with Crippen LogP contribution in [0.1, 0.15) is 73.9 Å². The van der Waals surface area contributed by atoms with Gasteiger partial charge in [-0.2, -0.15) is 0 Å². The first-order valence-electron chi connectivity index (χ1n) is 11.0. The zero-order valence-corrected chi connectivity index (χ0v) is 18.2. The van der Waals surface area contributed by atoms with Crippen LogP contribution in [0.25, 0.3) is 0 Å². The van der Waals surface area contributed by atoms with E-state index in [2.05, 4.69) is 15.6 Å². The molecule has 1 aliphatic heterocycles. The molecule has 2 aliphatic rings. The van der Waals surface area contributed by atoms with E-state index in [0.717, 1.165) is 25.7 Å². The molecule has 166 valence electrons. The van der Waals surface area contributed by atoms with Crippen molar-refractivity contribution < 1.29 is 19.1 Å². The number of carbonyl (C=O) groups excluding carboxylic acids is 3. The molecule has 1 saturated carbocycles. The van der Waals surface area contributed by atoms with Crippen molar-refractivity contribution in [2.75, 3.05) is 26.3 Å². The van der Waals surface area contributed by atoms with E-state index >= 15 is 0 Å². The van der Waals surface area contributed by atoms with Crippen LogP contribution in [-0.2, 0) is 16.1 Å². The number of hydrogen-bond donors (Lipinski definition) is 2. The number of ether oxygens (including phenoxy) is 1. The zero-order chi connectivity index (χ0) is 21.7. The van der Waals surface area contributed by atoms with Crippen LogP contribution in [0.5, 0.6) is 0 Å². The number of carbonyl (C=O) groups is 3. The Morgan fingerprint density at radius 2 is 2.03 bits per heavy atom. The summed E-state index contributed by atoms with van der Waals surface area (Å²) in [5.74, 6) is -0.876. The highest BCUT2D eigenvalue weighted by Gasteiger charge is 2.48. The van der Waals surface area contributed by atoms with Crippen LogP contribution >= 0.6 is 0 Å². The molecule has 9 heteroatoms. The molecule has 9 nitrogen and oxygen atoms in total. The fourth-order valence-electron chi connectivity index (χ4n) is 4.36. The molecule has 2 heterocycles. The third-order valence-electron chi connectivity index (χ3n) is 6.03. The van der Waals surface area contributed by atoms with E-state index < -0.39 is 5.54 Å². The van der Waals surface area contributed by atoms with Gasteiger partial charge in [-0.05, 0) is 40.0 Å². The average Bonchev–Trinajstić information content (AvgIpc) is 3.37. The minimum absolute atomic E-state index is 0.105. The van der Waals surface area contributed by atoms with Crippen LogP contribution < -0.4 is 10.6 Å². The molecule has 3 amide bonds. The van der Waals surface area contributed by atoms with Gasteiger partial charge in [-0.25, -0.2) is 4.98 Å². The van der Waals surface area contributed by atoms with E-state index in [9.17, 15) is 14.4 Å². The molecule has 1 aliphatic carbocycles. The highest BCUT2D eigenvalue weighted by atomic mass is 16.5. The Morgan fingerprint density at radius 3 is 2.70 bits per heavy atom. The van der Waals surface area contributed by atoms with Gasteiger partial charge in [0.05, 0.1) is 12.9 Å². The maximum absolute atomic E-state index is 13.3. The van der Waals surface area contributed by atoms with Gasteiger partial charge in [0.1, 0.15) is 11.2 Å². The summed E-state index contributed by atoms with van der Waals surface area (Å²) < 4.78 is 6.90. The van der Waals surface area contributed by atoms with Crippen molar-refractivity contribution in [3.63, 3.8) is 0 Å². The van der Waals surface area contributed by atoms with E-state index in [1.54, 1.807) is 16.4 Å². The molecule has 30 heavy (non-hydrogen) atoms. The van der Waals surface area contributed by atoms with E-state index in [-0.39, 0.29) is 41.7 Å². The fourth-order valence-corrected chi connectivity index (χ4v) is 4.36. The van der Waals surface area contributed by atoms with Crippen molar-refractivity contribution in [2.45, 2.75) is 71.0 Å². The third kappa shape index (κ3) is 4.35. The maximum atomic E-state index is 13.3. The van der Waals surface area contributed by atoms with Crippen LogP contribution in [0, 0.1) is 0 Å². The minimum Gasteiger partial charge on any atom is -0.382 e. The normalized spacial score (nSPS) is 21.6. The standard InChI is InChI=1S/C21H33N5O4/c1-4-26-19(28)17-16(18(27)22-11-8-12-30-5-2)23-14-25(17)13-21(26,3)20(29)24-15-9-6-7-10-15/h14-15H,4-13H2,1-3H3,(H,22,27)(H,24,29). The first-order valence-corrected chi connectivity index (χ1v) is 11.0. The Hall–Kier alpha value is -2.42. The Kier molecular flexibility index (Phi) is 7.12. The molecule has 0 aromatic carbocycles. The molecular weight excluding hydrogens is 386 g/mol. The van der Waals surface area contributed by atoms with E-state index in [0.29, 0.717) is 32.7 Å². The van der Waals surface area contributed by atoms with Crippen molar-refractivity contribution in [3.8, 4) is 0 Å². The summed E-state index contributed by atoms with van der Waals surface area (Å²) in [7, 11) is 0. The van der Waals surface area contributed by atoms with Crippen molar-refractivity contribution in [3.05, 3.63) is 17.7 Å². The summed E-state index contributed by atoms with van der Waals surface area (Å²) >= 11 is 0. The number of nitrogens with zero attached hydrogens (tertiary/aromatic N) is 3. The summed E-state index contributed by atoms with van der Waals surface area (Å²) in [5.41, 5.74) is -0.675. The average molecular weight is 420 g/mol. The second kappa shape index (κ2) is 9.59. The van der Waals surface area contributed by atoms with Gasteiger partial charge < -0.3 is 24.8 Å². The van der Waals surface area contributed by atoms with Crippen LogP contribution in [0.3, 0.4) is 0 Å². The number of fused-ring (bicyclic) bond motifs is 1.